The summed E-state index contributed by atoms with van der Waals surface area (Å²) in [6.07, 6.45) is 0. The molecule has 24 heavy (non-hydrogen) atoms. The average Bonchev–Trinajstić information content (AvgIpc) is 2.96. The van der Waals surface area contributed by atoms with Gasteiger partial charge in [0.2, 0.25) is 0 Å². The summed E-state index contributed by atoms with van der Waals surface area (Å²) in [5.74, 6) is -0.108. The number of nitrogens with one attached hydrogen (secondary N) is 1. The van der Waals surface area contributed by atoms with Crippen molar-refractivity contribution in [2.75, 3.05) is 0 Å². The van der Waals surface area contributed by atoms with E-state index in [9.17, 15) is 4.79 Å². The largest absolute Gasteiger partial charge is 0.347 e. The fourth-order valence-electron chi connectivity index (χ4n) is 2.33. The van der Waals surface area contributed by atoms with E-state index in [0.29, 0.717) is 16.4 Å². The molecule has 0 saturated carbocycles. The van der Waals surface area contributed by atoms with Gasteiger partial charge in [-0.25, -0.2) is 4.98 Å². The first kappa shape index (κ1) is 16.7. The summed E-state index contributed by atoms with van der Waals surface area (Å²) >= 11 is 7.58. The number of aromatic nitrogens is 1. The highest BCUT2D eigenvalue weighted by Crippen LogP contribution is 2.32. The van der Waals surface area contributed by atoms with E-state index in [0.717, 1.165) is 21.8 Å². The number of nitrogens with zero attached hydrogens (tertiary/aromatic N) is 1. The number of thiazole rings is 1. The van der Waals surface area contributed by atoms with Crippen LogP contribution in [0.5, 0.6) is 0 Å². The quantitative estimate of drug-likeness (QED) is 0.713. The summed E-state index contributed by atoms with van der Waals surface area (Å²) in [5, 5.41) is 4.35. The normalized spacial score (nSPS) is 10.6. The van der Waals surface area contributed by atoms with Crippen LogP contribution in [0.15, 0.2) is 48.5 Å². The topological polar surface area (TPSA) is 42.0 Å². The van der Waals surface area contributed by atoms with Crippen molar-refractivity contribution < 1.29 is 4.79 Å². The molecule has 0 fully saturated rings. The Balaban J connectivity index is 1.76. The standard InChI is InChI=1S/C19H17ClN2OS/c1-12-7-9-14(10-8-12)11-21-18(23)17-13(2)22-19(24-17)15-5-3-4-6-16(15)20/h3-10H,11H2,1-2H3,(H,21,23). The van der Waals surface area contributed by atoms with Crippen LogP contribution in [-0.2, 0) is 6.54 Å². The van der Waals surface area contributed by atoms with Gasteiger partial charge in [0, 0.05) is 12.1 Å². The zero-order valence-corrected chi connectivity index (χ0v) is 15.0. The molecule has 0 aliphatic rings. The van der Waals surface area contributed by atoms with Gasteiger partial charge in [0.25, 0.3) is 5.91 Å². The summed E-state index contributed by atoms with van der Waals surface area (Å²) in [6, 6.07) is 15.6. The Morgan fingerprint density at radius 1 is 1.12 bits per heavy atom. The van der Waals surface area contributed by atoms with Gasteiger partial charge >= 0.3 is 0 Å². The molecule has 1 N–H and O–H groups in total. The molecule has 5 heteroatoms. The number of carbonyl (C=O) groups is 1. The van der Waals surface area contributed by atoms with E-state index in [4.69, 9.17) is 11.6 Å². The van der Waals surface area contributed by atoms with Crippen molar-refractivity contribution in [3.05, 3.63) is 75.3 Å². The van der Waals surface area contributed by atoms with Crippen LogP contribution >= 0.6 is 22.9 Å². The molecule has 0 aliphatic carbocycles. The van der Waals surface area contributed by atoms with E-state index < -0.39 is 0 Å². The molecule has 2 aromatic carbocycles. The molecule has 0 bridgehead atoms. The number of aryl methyl sites for hydroxylation is 2. The number of carbonyl (C=O) groups excluding carboxylic acids is 1. The third-order valence-electron chi connectivity index (χ3n) is 3.68. The molecule has 0 radical (unpaired) electrons. The highest BCUT2D eigenvalue weighted by Gasteiger charge is 2.17. The zero-order chi connectivity index (χ0) is 17.1. The zero-order valence-electron chi connectivity index (χ0n) is 13.5. The van der Waals surface area contributed by atoms with Crippen LogP contribution in [0.4, 0.5) is 0 Å². The summed E-state index contributed by atoms with van der Waals surface area (Å²) in [6.45, 7) is 4.38. The first-order valence-corrected chi connectivity index (χ1v) is 8.80. The molecule has 3 nitrogen and oxygen atoms in total. The van der Waals surface area contributed by atoms with Gasteiger partial charge in [-0.15, -0.1) is 11.3 Å². The van der Waals surface area contributed by atoms with Crippen molar-refractivity contribution in [1.29, 1.82) is 0 Å². The Labute approximate surface area is 150 Å². The fraction of sp³-hybridized carbons (Fsp3) is 0.158. The van der Waals surface area contributed by atoms with Crippen LogP contribution in [-0.4, -0.2) is 10.9 Å². The van der Waals surface area contributed by atoms with Gasteiger partial charge in [-0.3, -0.25) is 4.79 Å². The third kappa shape index (κ3) is 3.66. The Morgan fingerprint density at radius 2 is 1.83 bits per heavy atom. The van der Waals surface area contributed by atoms with Crippen LogP contribution in [0, 0.1) is 13.8 Å². The number of hydrogen-bond acceptors (Lipinski definition) is 3. The number of amides is 1. The molecule has 0 aliphatic heterocycles. The van der Waals surface area contributed by atoms with E-state index in [1.807, 2.05) is 62.4 Å². The van der Waals surface area contributed by atoms with Gasteiger partial charge in [0.05, 0.1) is 10.7 Å². The summed E-state index contributed by atoms with van der Waals surface area (Å²) < 4.78 is 0. The lowest BCUT2D eigenvalue weighted by Gasteiger charge is -2.04. The molecule has 1 heterocycles. The van der Waals surface area contributed by atoms with Crippen molar-refractivity contribution >= 4 is 28.8 Å². The van der Waals surface area contributed by atoms with E-state index in [-0.39, 0.29) is 5.91 Å². The van der Waals surface area contributed by atoms with Crippen LogP contribution in [0.1, 0.15) is 26.5 Å². The lowest BCUT2D eigenvalue weighted by atomic mass is 10.1. The van der Waals surface area contributed by atoms with Crippen LogP contribution in [0.25, 0.3) is 10.6 Å². The maximum Gasteiger partial charge on any atom is 0.263 e. The van der Waals surface area contributed by atoms with E-state index in [1.54, 1.807) is 0 Å². The maximum absolute atomic E-state index is 12.5. The maximum atomic E-state index is 12.5. The fourth-order valence-corrected chi connectivity index (χ4v) is 3.63. The van der Waals surface area contributed by atoms with Gasteiger partial charge in [-0.1, -0.05) is 59.6 Å². The minimum absolute atomic E-state index is 0.108. The predicted molar refractivity (Wildman–Crippen MR) is 99.6 cm³/mol. The number of halogens is 1. The van der Waals surface area contributed by atoms with E-state index in [2.05, 4.69) is 10.3 Å². The molecule has 0 unspecified atom stereocenters. The lowest BCUT2D eigenvalue weighted by Crippen LogP contribution is -2.22. The van der Waals surface area contributed by atoms with Gasteiger partial charge in [-0.05, 0) is 25.5 Å². The highest BCUT2D eigenvalue weighted by atomic mass is 35.5. The third-order valence-corrected chi connectivity index (χ3v) is 5.20. The second-order valence-electron chi connectivity index (χ2n) is 5.58. The van der Waals surface area contributed by atoms with Crippen LogP contribution < -0.4 is 5.32 Å². The molecule has 0 saturated heterocycles. The van der Waals surface area contributed by atoms with Gasteiger partial charge in [0.15, 0.2) is 0 Å². The summed E-state index contributed by atoms with van der Waals surface area (Å²) in [7, 11) is 0. The van der Waals surface area contributed by atoms with Gasteiger partial charge in [0.1, 0.15) is 9.88 Å². The van der Waals surface area contributed by atoms with Crippen molar-refractivity contribution in [2.45, 2.75) is 20.4 Å². The number of benzene rings is 2. The molecule has 0 atom stereocenters. The molecule has 3 aromatic rings. The molecule has 0 spiro atoms. The average molecular weight is 357 g/mol. The predicted octanol–water partition coefficient (Wildman–Crippen LogP) is 5.01. The molecule has 1 aromatic heterocycles. The summed E-state index contributed by atoms with van der Waals surface area (Å²) in [4.78, 5) is 17.6. The molecule has 3 rings (SSSR count). The monoisotopic (exact) mass is 356 g/mol. The number of rotatable bonds is 4. The molecule has 122 valence electrons. The van der Waals surface area contributed by atoms with Crippen molar-refractivity contribution in [3.8, 4) is 10.6 Å². The summed E-state index contributed by atoms with van der Waals surface area (Å²) in [5.41, 5.74) is 3.84. The van der Waals surface area contributed by atoms with Crippen LogP contribution in [0.2, 0.25) is 5.02 Å². The molecular weight excluding hydrogens is 340 g/mol. The van der Waals surface area contributed by atoms with E-state index in [1.165, 1.54) is 16.9 Å². The Morgan fingerprint density at radius 3 is 2.54 bits per heavy atom. The number of hydrogen-bond donors (Lipinski definition) is 1. The molecular formula is C19H17ClN2OS. The van der Waals surface area contributed by atoms with Crippen molar-refractivity contribution in [2.24, 2.45) is 0 Å². The lowest BCUT2D eigenvalue weighted by molar-refractivity contribution is 0.0954. The first-order valence-electron chi connectivity index (χ1n) is 7.60. The second kappa shape index (κ2) is 7.16. The van der Waals surface area contributed by atoms with Crippen LogP contribution in [0.3, 0.4) is 0 Å². The Bertz CT molecular complexity index is 871. The minimum atomic E-state index is -0.108. The van der Waals surface area contributed by atoms with Crippen molar-refractivity contribution in [3.63, 3.8) is 0 Å². The minimum Gasteiger partial charge on any atom is -0.347 e. The highest BCUT2D eigenvalue weighted by molar-refractivity contribution is 7.17. The SMILES string of the molecule is Cc1ccc(CNC(=O)c2sc(-c3ccccc3Cl)nc2C)cc1. The smallest absolute Gasteiger partial charge is 0.263 e. The Hall–Kier alpha value is -2.17. The van der Waals surface area contributed by atoms with Gasteiger partial charge < -0.3 is 5.32 Å². The second-order valence-corrected chi connectivity index (χ2v) is 6.99. The van der Waals surface area contributed by atoms with E-state index >= 15 is 0 Å². The molecule has 1 amide bonds. The Kier molecular flexibility index (Phi) is 4.97. The first-order chi connectivity index (χ1) is 11.5. The van der Waals surface area contributed by atoms with Gasteiger partial charge in [-0.2, -0.15) is 0 Å². The van der Waals surface area contributed by atoms with Crippen molar-refractivity contribution in [1.82, 2.24) is 10.3 Å².